The van der Waals surface area contributed by atoms with E-state index in [-0.39, 0.29) is 42.1 Å². The smallest absolute Gasteiger partial charge is 0.233 e. The molecule has 1 aliphatic carbocycles. The summed E-state index contributed by atoms with van der Waals surface area (Å²) in [6, 6.07) is 12.0. The van der Waals surface area contributed by atoms with Gasteiger partial charge in [-0.25, -0.2) is 8.78 Å². The molecule has 1 heterocycles. The number of alkyl halides is 1. The number of benzene rings is 2. The van der Waals surface area contributed by atoms with Crippen molar-refractivity contribution in [1.29, 1.82) is 0 Å². The van der Waals surface area contributed by atoms with Crippen LogP contribution in [0.15, 0.2) is 72.3 Å². The molecule has 4 rings (SSSR count). The molecule has 1 aliphatic heterocycles. The van der Waals surface area contributed by atoms with Crippen molar-refractivity contribution in [3.63, 3.8) is 0 Å². The summed E-state index contributed by atoms with van der Waals surface area (Å²) >= 11 is 0. The van der Waals surface area contributed by atoms with Gasteiger partial charge in [0.05, 0.1) is 12.0 Å². The van der Waals surface area contributed by atoms with Gasteiger partial charge in [0.1, 0.15) is 17.7 Å². The first-order chi connectivity index (χ1) is 14.4. The summed E-state index contributed by atoms with van der Waals surface area (Å²) in [7, 11) is 0. The number of aromatic hydroxyl groups is 1. The van der Waals surface area contributed by atoms with Crippen LogP contribution >= 0.6 is 0 Å². The molecule has 1 saturated heterocycles. The molecular weight excluding hydrogens is 388 g/mol. The molecule has 2 unspecified atom stereocenters. The summed E-state index contributed by atoms with van der Waals surface area (Å²) in [4.78, 5) is 27.0. The fraction of sp³-hybridized carbons (Fsp3) is 0.250. The van der Waals surface area contributed by atoms with Gasteiger partial charge in [0.15, 0.2) is 5.78 Å². The van der Waals surface area contributed by atoms with Crippen molar-refractivity contribution in [3.05, 3.63) is 83.7 Å². The minimum Gasteiger partial charge on any atom is -0.508 e. The number of Topliss-reactive ketones (excluding diaryl/α,β-unsaturated/α-hetero) is 1. The van der Waals surface area contributed by atoms with Crippen molar-refractivity contribution in [2.45, 2.75) is 31.5 Å². The molecular formula is C24H21F2NO3. The van der Waals surface area contributed by atoms with Crippen LogP contribution in [0.25, 0.3) is 0 Å². The van der Waals surface area contributed by atoms with Crippen LogP contribution in [0.2, 0.25) is 0 Å². The van der Waals surface area contributed by atoms with Crippen LogP contribution in [0.5, 0.6) is 5.75 Å². The van der Waals surface area contributed by atoms with Gasteiger partial charge < -0.3 is 10.0 Å². The number of anilines is 1. The van der Waals surface area contributed by atoms with E-state index in [4.69, 9.17) is 0 Å². The van der Waals surface area contributed by atoms with Gasteiger partial charge >= 0.3 is 0 Å². The molecule has 6 heteroatoms. The van der Waals surface area contributed by atoms with Gasteiger partial charge in [-0.3, -0.25) is 9.59 Å². The molecule has 0 aromatic heterocycles. The highest BCUT2D eigenvalue weighted by molar-refractivity contribution is 6.04. The summed E-state index contributed by atoms with van der Waals surface area (Å²) in [5, 5.41) is 9.59. The number of nitrogens with zero attached hydrogens (tertiary/aromatic N) is 1. The molecule has 0 spiro atoms. The molecule has 0 saturated carbocycles. The highest BCUT2D eigenvalue weighted by Crippen LogP contribution is 2.46. The molecule has 2 aliphatic rings. The van der Waals surface area contributed by atoms with Crippen LogP contribution in [0.1, 0.15) is 30.9 Å². The minimum absolute atomic E-state index is 0.115. The Labute approximate surface area is 173 Å². The zero-order valence-electron chi connectivity index (χ0n) is 16.2. The number of phenolic OH excluding ortho intramolecular Hbond substituents is 1. The van der Waals surface area contributed by atoms with Crippen LogP contribution in [0.4, 0.5) is 14.5 Å². The Kier molecular flexibility index (Phi) is 5.48. The Balaban J connectivity index is 1.53. The number of carbonyl (C=O) groups is 2. The quantitative estimate of drug-likeness (QED) is 0.697. The first kappa shape index (κ1) is 20.0. The summed E-state index contributed by atoms with van der Waals surface area (Å²) < 4.78 is 26.5. The van der Waals surface area contributed by atoms with Crippen molar-refractivity contribution in [2.24, 2.45) is 5.92 Å². The van der Waals surface area contributed by atoms with Gasteiger partial charge in [0, 0.05) is 24.1 Å². The average molecular weight is 409 g/mol. The number of hydrogen-bond acceptors (Lipinski definition) is 3. The van der Waals surface area contributed by atoms with Crippen molar-refractivity contribution in [3.8, 4) is 5.75 Å². The lowest BCUT2D eigenvalue weighted by atomic mass is 9.78. The highest BCUT2D eigenvalue weighted by Gasteiger charge is 2.48. The molecule has 4 nitrogen and oxygen atoms in total. The number of amides is 1. The van der Waals surface area contributed by atoms with Crippen LogP contribution < -0.4 is 4.90 Å². The first-order valence-corrected chi connectivity index (χ1v) is 9.87. The molecule has 0 bridgehead atoms. The Bertz CT molecular complexity index is 1010. The maximum atomic E-state index is 13.3. The highest BCUT2D eigenvalue weighted by atomic mass is 19.1. The van der Waals surface area contributed by atoms with Gasteiger partial charge in [0.25, 0.3) is 0 Å². The standard InChI is InChI=1S/C24H21F2NO3/c25-17-5-1-15(2-6-17)22(29)14-13-21-23(16-3-11-20(28)12-4-16)27(24(21)30)19-9-7-18(26)8-10-19/h1-5,7-12,17,21,23,28H,6,13-14H2/t17?,21?,23-/m1/s1. The van der Waals surface area contributed by atoms with Gasteiger partial charge in [-0.15, -0.1) is 0 Å². The molecule has 1 fully saturated rings. The van der Waals surface area contributed by atoms with Crippen LogP contribution in [0, 0.1) is 11.7 Å². The third-order valence-corrected chi connectivity index (χ3v) is 5.61. The maximum Gasteiger partial charge on any atom is 0.233 e. The summed E-state index contributed by atoms with van der Waals surface area (Å²) in [6.07, 6.45) is 4.13. The lowest BCUT2D eigenvalue weighted by molar-refractivity contribution is -0.131. The van der Waals surface area contributed by atoms with E-state index in [2.05, 4.69) is 0 Å². The number of rotatable bonds is 6. The number of carbonyl (C=O) groups excluding carboxylic acids is 2. The SMILES string of the molecule is O=C(CCC1C(=O)N(c2ccc(F)cc2)[C@@H]1c1ccc(O)cc1)C1=CCC(F)C=C1. The number of ketones is 1. The van der Waals surface area contributed by atoms with E-state index in [9.17, 15) is 23.5 Å². The second kappa shape index (κ2) is 8.22. The predicted octanol–water partition coefficient (Wildman–Crippen LogP) is 4.81. The number of allylic oxidation sites excluding steroid dienone is 4. The summed E-state index contributed by atoms with van der Waals surface area (Å²) in [5.41, 5.74) is 1.88. The zero-order valence-corrected chi connectivity index (χ0v) is 16.2. The van der Waals surface area contributed by atoms with E-state index in [1.807, 2.05) is 0 Å². The van der Waals surface area contributed by atoms with Gasteiger partial charge in [0.2, 0.25) is 5.91 Å². The van der Waals surface area contributed by atoms with Crippen molar-refractivity contribution < 1.29 is 23.5 Å². The first-order valence-electron chi connectivity index (χ1n) is 9.87. The van der Waals surface area contributed by atoms with E-state index >= 15 is 0 Å². The second-order valence-electron chi connectivity index (χ2n) is 7.56. The van der Waals surface area contributed by atoms with E-state index in [0.717, 1.165) is 5.56 Å². The van der Waals surface area contributed by atoms with Crippen LogP contribution in [-0.2, 0) is 9.59 Å². The van der Waals surface area contributed by atoms with E-state index in [1.165, 1.54) is 24.3 Å². The Morgan fingerprint density at radius 2 is 1.80 bits per heavy atom. The fourth-order valence-electron chi connectivity index (χ4n) is 4.00. The van der Waals surface area contributed by atoms with E-state index in [0.29, 0.717) is 17.7 Å². The molecule has 2 aromatic rings. The van der Waals surface area contributed by atoms with E-state index in [1.54, 1.807) is 47.4 Å². The van der Waals surface area contributed by atoms with E-state index < -0.39 is 12.1 Å². The van der Waals surface area contributed by atoms with Crippen LogP contribution in [-0.4, -0.2) is 23.0 Å². The van der Waals surface area contributed by atoms with Gasteiger partial charge in [-0.2, -0.15) is 0 Å². The van der Waals surface area contributed by atoms with Gasteiger partial charge in [-0.05, 0) is 54.5 Å². The molecule has 1 amide bonds. The number of phenols is 1. The molecule has 2 aromatic carbocycles. The third kappa shape index (κ3) is 3.90. The number of halogens is 2. The second-order valence-corrected chi connectivity index (χ2v) is 7.56. The monoisotopic (exact) mass is 409 g/mol. The molecule has 30 heavy (non-hydrogen) atoms. The minimum atomic E-state index is -1.06. The zero-order chi connectivity index (χ0) is 21.3. The van der Waals surface area contributed by atoms with Gasteiger partial charge in [-0.1, -0.05) is 24.3 Å². The van der Waals surface area contributed by atoms with Crippen molar-refractivity contribution in [2.75, 3.05) is 4.90 Å². The number of β-lactam (4-membered cyclic amide) rings is 1. The topological polar surface area (TPSA) is 57.6 Å². The van der Waals surface area contributed by atoms with Crippen LogP contribution in [0.3, 0.4) is 0 Å². The lowest BCUT2D eigenvalue weighted by Crippen LogP contribution is -2.55. The molecule has 0 radical (unpaired) electrons. The Morgan fingerprint density at radius 1 is 1.10 bits per heavy atom. The third-order valence-electron chi connectivity index (χ3n) is 5.61. The normalized spacial score (nSPS) is 23.1. The Hall–Kier alpha value is -3.28. The number of hydrogen-bond donors (Lipinski definition) is 1. The molecule has 1 N–H and O–H groups in total. The van der Waals surface area contributed by atoms with Crippen molar-refractivity contribution in [1.82, 2.24) is 0 Å². The fourth-order valence-corrected chi connectivity index (χ4v) is 4.00. The maximum absolute atomic E-state index is 13.3. The molecule has 154 valence electrons. The molecule has 3 atom stereocenters. The average Bonchev–Trinajstić information content (AvgIpc) is 2.74. The largest absolute Gasteiger partial charge is 0.508 e. The van der Waals surface area contributed by atoms with Crippen molar-refractivity contribution >= 4 is 17.4 Å². The lowest BCUT2D eigenvalue weighted by Gasteiger charge is -2.47. The summed E-state index contributed by atoms with van der Waals surface area (Å²) in [5.74, 6) is -0.934. The summed E-state index contributed by atoms with van der Waals surface area (Å²) in [6.45, 7) is 0. The Morgan fingerprint density at radius 3 is 2.43 bits per heavy atom. The predicted molar refractivity (Wildman–Crippen MR) is 109 cm³/mol.